The van der Waals surface area contributed by atoms with E-state index < -0.39 is 6.04 Å². The maximum atomic E-state index is 12.7. The third-order valence-electron chi connectivity index (χ3n) is 3.91. The number of hydrogen-bond acceptors (Lipinski definition) is 3. The van der Waals surface area contributed by atoms with Gasteiger partial charge >= 0.3 is 0 Å². The van der Waals surface area contributed by atoms with Gasteiger partial charge in [-0.05, 0) is 31.5 Å². The highest BCUT2D eigenvalue weighted by Crippen LogP contribution is 2.31. The Bertz CT molecular complexity index is 689. The second kappa shape index (κ2) is 6.34. The smallest absolute Gasteiger partial charge is 0.262 e. The van der Waals surface area contributed by atoms with Crippen LogP contribution in [0.25, 0.3) is 0 Å². The lowest BCUT2D eigenvalue weighted by molar-refractivity contribution is 0.0226. The largest absolute Gasteiger partial charge is 0.376 e. The lowest BCUT2D eigenvalue weighted by atomic mass is 10.1. The third-order valence-corrected chi connectivity index (χ3v) is 3.91. The van der Waals surface area contributed by atoms with E-state index in [1.54, 1.807) is 24.3 Å². The zero-order valence-electron chi connectivity index (χ0n) is 13.2. The minimum Gasteiger partial charge on any atom is -0.376 e. The third kappa shape index (κ3) is 2.90. The Hall–Kier alpha value is -2.46. The van der Waals surface area contributed by atoms with E-state index in [-0.39, 0.29) is 24.5 Å². The minimum atomic E-state index is -0.425. The van der Waals surface area contributed by atoms with Gasteiger partial charge in [-0.1, -0.05) is 42.5 Å². The van der Waals surface area contributed by atoms with Crippen LogP contribution in [-0.4, -0.2) is 29.4 Å². The molecular formula is C19H19NO3. The molecule has 0 fully saturated rings. The maximum Gasteiger partial charge on any atom is 0.262 e. The molecule has 0 saturated heterocycles. The number of rotatable bonds is 5. The van der Waals surface area contributed by atoms with E-state index >= 15 is 0 Å². The molecule has 4 heteroatoms. The van der Waals surface area contributed by atoms with Crippen molar-refractivity contribution in [1.82, 2.24) is 4.90 Å². The summed E-state index contributed by atoms with van der Waals surface area (Å²) in [5.41, 5.74) is 1.81. The number of carbonyl (C=O) groups excluding carboxylic acids is 2. The Balaban J connectivity index is 1.98. The number of amides is 2. The Morgan fingerprint density at radius 1 is 0.870 bits per heavy atom. The van der Waals surface area contributed by atoms with Crippen LogP contribution in [0.3, 0.4) is 0 Å². The topological polar surface area (TPSA) is 46.6 Å². The fourth-order valence-corrected chi connectivity index (χ4v) is 2.77. The Morgan fingerprint density at radius 2 is 1.39 bits per heavy atom. The normalized spacial score (nSPS) is 15.2. The van der Waals surface area contributed by atoms with E-state index in [2.05, 4.69) is 0 Å². The predicted molar refractivity (Wildman–Crippen MR) is 87.2 cm³/mol. The van der Waals surface area contributed by atoms with E-state index in [0.29, 0.717) is 11.1 Å². The van der Waals surface area contributed by atoms with E-state index in [9.17, 15) is 9.59 Å². The molecule has 0 aliphatic carbocycles. The molecule has 2 aromatic carbocycles. The van der Waals surface area contributed by atoms with Gasteiger partial charge in [-0.15, -0.1) is 0 Å². The van der Waals surface area contributed by atoms with Crippen LogP contribution in [0.1, 0.15) is 46.2 Å². The highest BCUT2D eigenvalue weighted by atomic mass is 16.5. The van der Waals surface area contributed by atoms with Gasteiger partial charge in [0, 0.05) is 0 Å². The molecule has 4 nitrogen and oxygen atoms in total. The number of nitrogens with zero attached hydrogens (tertiary/aromatic N) is 1. The molecule has 1 unspecified atom stereocenters. The van der Waals surface area contributed by atoms with Crippen molar-refractivity contribution < 1.29 is 14.3 Å². The van der Waals surface area contributed by atoms with Crippen molar-refractivity contribution in [1.29, 1.82) is 0 Å². The number of imide groups is 1. The molecule has 1 atom stereocenters. The van der Waals surface area contributed by atoms with Gasteiger partial charge in [0.25, 0.3) is 11.8 Å². The van der Waals surface area contributed by atoms with Crippen LogP contribution >= 0.6 is 0 Å². The fraction of sp³-hybridized carbons (Fsp3) is 0.263. The first-order valence-electron chi connectivity index (χ1n) is 7.73. The van der Waals surface area contributed by atoms with Gasteiger partial charge in [0.2, 0.25) is 0 Å². The van der Waals surface area contributed by atoms with Crippen LogP contribution in [0.4, 0.5) is 0 Å². The van der Waals surface area contributed by atoms with E-state index in [1.165, 1.54) is 4.90 Å². The van der Waals surface area contributed by atoms with Crippen molar-refractivity contribution in [2.45, 2.75) is 26.0 Å². The number of hydrogen-bond donors (Lipinski definition) is 0. The first kappa shape index (κ1) is 15.4. The van der Waals surface area contributed by atoms with Crippen molar-refractivity contribution in [3.05, 3.63) is 71.3 Å². The van der Waals surface area contributed by atoms with Gasteiger partial charge in [0.05, 0.1) is 29.9 Å². The predicted octanol–water partition coefficient (Wildman–Crippen LogP) is 3.45. The molecule has 1 aliphatic rings. The molecule has 1 aliphatic heterocycles. The van der Waals surface area contributed by atoms with Crippen molar-refractivity contribution >= 4 is 11.8 Å². The molecule has 0 saturated carbocycles. The van der Waals surface area contributed by atoms with Gasteiger partial charge in [-0.3, -0.25) is 14.5 Å². The molecule has 3 rings (SSSR count). The standard InChI is InChI=1S/C19H19NO3/c1-13(2)23-12-17(14-8-4-3-5-9-14)20-18(21)15-10-6-7-11-16(15)19(20)22/h3-11,13,17H,12H2,1-2H3. The number of ether oxygens (including phenoxy) is 1. The van der Waals surface area contributed by atoms with Crippen molar-refractivity contribution in [3.8, 4) is 0 Å². The maximum absolute atomic E-state index is 12.7. The molecule has 118 valence electrons. The van der Waals surface area contributed by atoms with Gasteiger partial charge in [0.1, 0.15) is 0 Å². The van der Waals surface area contributed by atoms with E-state index in [0.717, 1.165) is 5.56 Å². The molecule has 0 bridgehead atoms. The van der Waals surface area contributed by atoms with E-state index in [4.69, 9.17) is 4.74 Å². The lowest BCUT2D eigenvalue weighted by Crippen LogP contribution is -2.37. The molecule has 0 spiro atoms. The van der Waals surface area contributed by atoms with Crippen LogP contribution in [0.5, 0.6) is 0 Å². The molecule has 2 amide bonds. The highest BCUT2D eigenvalue weighted by molar-refractivity contribution is 6.21. The first-order chi connectivity index (χ1) is 11.1. The Kier molecular flexibility index (Phi) is 4.26. The van der Waals surface area contributed by atoms with Crippen molar-refractivity contribution in [2.75, 3.05) is 6.61 Å². The summed E-state index contributed by atoms with van der Waals surface area (Å²) in [6, 6.07) is 16.0. The molecule has 0 N–H and O–H groups in total. The second-order valence-electron chi connectivity index (χ2n) is 5.83. The molecular weight excluding hydrogens is 290 g/mol. The quantitative estimate of drug-likeness (QED) is 0.795. The van der Waals surface area contributed by atoms with Crippen LogP contribution in [0.15, 0.2) is 54.6 Å². The summed E-state index contributed by atoms with van der Waals surface area (Å²) in [5.74, 6) is -0.515. The monoisotopic (exact) mass is 309 g/mol. The number of fused-ring (bicyclic) bond motifs is 1. The average Bonchev–Trinajstić information content (AvgIpc) is 2.81. The summed E-state index contributed by atoms with van der Waals surface area (Å²) in [6.07, 6.45) is 0.0244. The molecule has 1 heterocycles. The number of carbonyl (C=O) groups is 2. The average molecular weight is 309 g/mol. The summed E-state index contributed by atoms with van der Waals surface area (Å²) in [4.78, 5) is 26.8. The van der Waals surface area contributed by atoms with Crippen molar-refractivity contribution in [2.24, 2.45) is 0 Å². The highest BCUT2D eigenvalue weighted by Gasteiger charge is 2.40. The summed E-state index contributed by atoms with van der Waals surface area (Å²) < 4.78 is 5.72. The van der Waals surface area contributed by atoms with Crippen LogP contribution < -0.4 is 0 Å². The summed E-state index contributed by atoms with van der Waals surface area (Å²) in [6.45, 7) is 4.15. The molecule has 0 aromatic heterocycles. The summed E-state index contributed by atoms with van der Waals surface area (Å²) in [7, 11) is 0. The first-order valence-corrected chi connectivity index (χ1v) is 7.73. The fourth-order valence-electron chi connectivity index (χ4n) is 2.77. The zero-order valence-corrected chi connectivity index (χ0v) is 13.2. The van der Waals surface area contributed by atoms with Gasteiger partial charge in [-0.25, -0.2) is 0 Å². The molecule has 2 aromatic rings. The van der Waals surface area contributed by atoms with Crippen molar-refractivity contribution in [3.63, 3.8) is 0 Å². The molecule has 0 radical (unpaired) electrons. The van der Waals surface area contributed by atoms with Crippen LogP contribution in [-0.2, 0) is 4.74 Å². The Labute approximate surface area is 135 Å². The summed E-state index contributed by atoms with van der Waals surface area (Å²) in [5, 5.41) is 0. The van der Waals surface area contributed by atoms with Gasteiger partial charge in [0.15, 0.2) is 0 Å². The van der Waals surface area contributed by atoms with Gasteiger partial charge < -0.3 is 4.74 Å². The van der Waals surface area contributed by atoms with Gasteiger partial charge in [-0.2, -0.15) is 0 Å². The van der Waals surface area contributed by atoms with Crippen LogP contribution in [0, 0.1) is 0 Å². The summed E-state index contributed by atoms with van der Waals surface area (Å²) >= 11 is 0. The SMILES string of the molecule is CC(C)OCC(c1ccccc1)N1C(=O)c2ccccc2C1=O. The Morgan fingerprint density at radius 3 is 1.91 bits per heavy atom. The van der Waals surface area contributed by atoms with E-state index in [1.807, 2.05) is 44.2 Å². The van der Waals surface area contributed by atoms with Crippen LogP contribution in [0.2, 0.25) is 0 Å². The number of benzene rings is 2. The lowest BCUT2D eigenvalue weighted by Gasteiger charge is -2.27. The second-order valence-corrected chi connectivity index (χ2v) is 5.83. The molecule has 23 heavy (non-hydrogen) atoms. The minimum absolute atomic E-state index is 0.0244. The zero-order chi connectivity index (χ0) is 16.4.